The lowest BCUT2D eigenvalue weighted by Gasteiger charge is -2.12. The first-order valence-corrected chi connectivity index (χ1v) is 11.3. The van der Waals surface area contributed by atoms with Gasteiger partial charge in [-0.25, -0.2) is 4.98 Å². The Labute approximate surface area is 201 Å². The predicted molar refractivity (Wildman–Crippen MR) is 134 cm³/mol. The van der Waals surface area contributed by atoms with Crippen LogP contribution in [0.2, 0.25) is 10.0 Å². The summed E-state index contributed by atoms with van der Waals surface area (Å²) in [4.78, 5) is 27.1. The maximum atomic E-state index is 13.3. The summed E-state index contributed by atoms with van der Waals surface area (Å²) in [5.74, 6) is -0.833. The molecule has 0 aliphatic heterocycles. The molecule has 0 aliphatic rings. The summed E-state index contributed by atoms with van der Waals surface area (Å²) < 4.78 is 3.85. The van der Waals surface area contributed by atoms with Crippen LogP contribution in [0.1, 0.15) is 26.0 Å². The zero-order valence-corrected chi connectivity index (χ0v) is 20.2. The first-order chi connectivity index (χ1) is 15.7. The minimum atomic E-state index is -0.833. The summed E-state index contributed by atoms with van der Waals surface area (Å²) in [6, 6.07) is 11.5. The predicted octanol–water partition coefficient (Wildman–Crippen LogP) is 4.86. The lowest BCUT2D eigenvalue weighted by Crippen LogP contribution is -2.21. The Morgan fingerprint density at radius 3 is 2.42 bits per heavy atom. The van der Waals surface area contributed by atoms with Gasteiger partial charge in [-0.15, -0.1) is 0 Å². The smallest absolute Gasteiger partial charge is 0.300 e. The number of nitrogens with two attached hydrogens (primary N) is 1. The Morgan fingerprint density at radius 2 is 1.79 bits per heavy atom. The second-order valence-electron chi connectivity index (χ2n) is 7.58. The van der Waals surface area contributed by atoms with Gasteiger partial charge in [0.2, 0.25) is 0 Å². The first kappa shape index (κ1) is 24.8. The Hall–Kier alpha value is -2.87. The van der Waals surface area contributed by atoms with E-state index in [-0.39, 0.29) is 5.56 Å². The molecule has 0 unspecified atom stereocenters. The zero-order valence-electron chi connectivity index (χ0n) is 18.7. The van der Waals surface area contributed by atoms with Crippen LogP contribution in [0, 0.1) is 0 Å². The largest absolute Gasteiger partial charge is 0.481 e. The van der Waals surface area contributed by atoms with Crippen molar-refractivity contribution in [3.63, 3.8) is 0 Å². The number of aryl methyl sites for hydroxylation is 2. The highest BCUT2D eigenvalue weighted by Crippen LogP contribution is 2.34. The van der Waals surface area contributed by atoms with Crippen LogP contribution in [0.5, 0.6) is 0 Å². The number of halogens is 2. The average Bonchev–Trinajstić information content (AvgIpc) is 3.09. The molecule has 9 heteroatoms. The average molecular weight is 489 g/mol. The van der Waals surface area contributed by atoms with Crippen LogP contribution in [0.3, 0.4) is 0 Å². The molecule has 0 radical (unpaired) electrons. The number of carbonyl (C=O) groups is 1. The summed E-state index contributed by atoms with van der Waals surface area (Å²) in [7, 11) is 1.74. The molecular weight excluding hydrogens is 463 g/mol. The van der Waals surface area contributed by atoms with Gasteiger partial charge in [0.25, 0.3) is 11.5 Å². The van der Waals surface area contributed by atoms with E-state index in [0.717, 1.165) is 48.5 Å². The Kier molecular flexibility index (Phi) is 7.79. The fraction of sp³-hybridized carbons (Fsp3) is 0.292. The third kappa shape index (κ3) is 4.90. The van der Waals surface area contributed by atoms with Crippen LogP contribution in [0.15, 0.2) is 41.2 Å². The van der Waals surface area contributed by atoms with E-state index in [1.807, 2.05) is 18.2 Å². The molecule has 2 heterocycles. The van der Waals surface area contributed by atoms with E-state index < -0.39 is 5.97 Å². The fourth-order valence-corrected chi connectivity index (χ4v) is 4.29. The minimum absolute atomic E-state index is 0.160. The van der Waals surface area contributed by atoms with Crippen LogP contribution >= 0.6 is 23.2 Å². The molecule has 0 fully saturated rings. The van der Waals surface area contributed by atoms with Gasteiger partial charge in [-0.3, -0.25) is 9.59 Å². The van der Waals surface area contributed by atoms with Gasteiger partial charge < -0.3 is 20.0 Å². The second kappa shape index (κ2) is 10.4. The number of aromatic nitrogens is 3. The van der Waals surface area contributed by atoms with Gasteiger partial charge >= 0.3 is 0 Å². The molecule has 7 nitrogen and oxygen atoms in total. The second-order valence-corrected chi connectivity index (χ2v) is 8.40. The van der Waals surface area contributed by atoms with Crippen molar-refractivity contribution < 1.29 is 9.90 Å². The van der Waals surface area contributed by atoms with Crippen LogP contribution < -0.4 is 11.3 Å². The van der Waals surface area contributed by atoms with Gasteiger partial charge in [0.05, 0.1) is 21.1 Å². The van der Waals surface area contributed by atoms with Gasteiger partial charge in [-0.05, 0) is 37.6 Å². The van der Waals surface area contributed by atoms with E-state index in [0.29, 0.717) is 33.3 Å². The number of hydrogen-bond acceptors (Lipinski definition) is 4. The van der Waals surface area contributed by atoms with Crippen molar-refractivity contribution >= 4 is 51.1 Å². The number of hydrogen-bond donors (Lipinski definition) is 2. The highest BCUT2D eigenvalue weighted by Gasteiger charge is 2.22. The molecule has 0 saturated carbocycles. The van der Waals surface area contributed by atoms with Crippen LogP contribution in [-0.2, 0) is 24.8 Å². The standard InChI is InChI=1S/C22H22Cl2N4O.C2H4O2/c1-3-17-20(13-7-4-5-8-18(13)28(17)10-6-9-25)21-22(29)27(2)19-12-15(24)14(23)11-16(19)26-21;1-2(3)4/h4-5,7-8,11-12H,3,6,9-10,25H2,1-2H3;1H3,(H,3,4). The van der Waals surface area contributed by atoms with Gasteiger partial charge in [0.1, 0.15) is 5.69 Å². The molecule has 0 aliphatic carbocycles. The SMILES string of the molecule is CC(=O)O.CCc1c(-c2nc3cc(Cl)c(Cl)cc3n(C)c2=O)c2ccccc2n1CCCN. The van der Waals surface area contributed by atoms with E-state index in [9.17, 15) is 4.79 Å². The fourth-order valence-electron chi connectivity index (χ4n) is 3.98. The summed E-state index contributed by atoms with van der Waals surface area (Å²) in [6.45, 7) is 4.59. The number of benzene rings is 2. The number of carboxylic acid groups (broad SMARTS) is 1. The summed E-state index contributed by atoms with van der Waals surface area (Å²) >= 11 is 12.4. The third-order valence-electron chi connectivity index (χ3n) is 5.35. The summed E-state index contributed by atoms with van der Waals surface area (Å²) in [6.07, 6.45) is 1.64. The number of nitrogens with zero attached hydrogens (tertiary/aromatic N) is 3. The van der Waals surface area contributed by atoms with Crippen LogP contribution in [-0.4, -0.2) is 31.7 Å². The molecule has 4 rings (SSSR count). The van der Waals surface area contributed by atoms with Gasteiger partial charge in [0.15, 0.2) is 0 Å². The monoisotopic (exact) mass is 488 g/mol. The molecule has 0 spiro atoms. The van der Waals surface area contributed by atoms with Crippen molar-refractivity contribution in [1.82, 2.24) is 14.1 Å². The van der Waals surface area contributed by atoms with Crippen molar-refractivity contribution in [2.45, 2.75) is 33.2 Å². The van der Waals surface area contributed by atoms with E-state index >= 15 is 0 Å². The van der Waals surface area contributed by atoms with Gasteiger partial charge in [0, 0.05) is 42.7 Å². The molecular formula is C24H26Cl2N4O3. The van der Waals surface area contributed by atoms with E-state index in [1.54, 1.807) is 23.7 Å². The van der Waals surface area contributed by atoms with Gasteiger partial charge in [-0.2, -0.15) is 0 Å². The molecule has 0 bridgehead atoms. The highest BCUT2D eigenvalue weighted by molar-refractivity contribution is 6.42. The van der Waals surface area contributed by atoms with Crippen molar-refractivity contribution in [1.29, 1.82) is 0 Å². The van der Waals surface area contributed by atoms with Crippen LogP contribution in [0.25, 0.3) is 33.2 Å². The number of para-hydroxylation sites is 1. The van der Waals surface area contributed by atoms with Crippen molar-refractivity contribution in [3.8, 4) is 11.3 Å². The molecule has 0 amide bonds. The number of carboxylic acids is 1. The third-order valence-corrected chi connectivity index (χ3v) is 6.08. The maximum Gasteiger partial charge on any atom is 0.300 e. The first-order valence-electron chi connectivity index (χ1n) is 10.6. The topological polar surface area (TPSA) is 103 Å². The normalized spacial score (nSPS) is 11.0. The molecule has 33 heavy (non-hydrogen) atoms. The van der Waals surface area contributed by atoms with Crippen molar-refractivity contribution in [3.05, 3.63) is 62.5 Å². The molecule has 174 valence electrons. The van der Waals surface area contributed by atoms with E-state index in [4.69, 9.17) is 43.8 Å². The Morgan fingerprint density at radius 1 is 1.15 bits per heavy atom. The highest BCUT2D eigenvalue weighted by atomic mass is 35.5. The number of fused-ring (bicyclic) bond motifs is 2. The molecule has 2 aromatic carbocycles. The van der Waals surface area contributed by atoms with Crippen LogP contribution in [0.4, 0.5) is 0 Å². The lowest BCUT2D eigenvalue weighted by molar-refractivity contribution is -0.134. The van der Waals surface area contributed by atoms with Gasteiger partial charge in [-0.1, -0.05) is 48.3 Å². The molecule has 4 aromatic rings. The van der Waals surface area contributed by atoms with E-state index in [1.165, 1.54) is 0 Å². The quantitative estimate of drug-likeness (QED) is 0.417. The molecule has 0 saturated heterocycles. The number of aliphatic carboxylic acids is 1. The van der Waals surface area contributed by atoms with Crippen molar-refractivity contribution in [2.75, 3.05) is 6.54 Å². The minimum Gasteiger partial charge on any atom is -0.481 e. The number of rotatable bonds is 5. The lowest BCUT2D eigenvalue weighted by atomic mass is 10.1. The molecule has 2 aromatic heterocycles. The van der Waals surface area contributed by atoms with E-state index in [2.05, 4.69) is 17.6 Å². The molecule has 0 atom stereocenters. The zero-order chi connectivity index (χ0) is 24.3. The Balaban J connectivity index is 0.000000709. The Bertz CT molecular complexity index is 1390. The summed E-state index contributed by atoms with van der Waals surface area (Å²) in [5.41, 5.74) is 10.4. The van der Waals surface area contributed by atoms with Crippen molar-refractivity contribution in [2.24, 2.45) is 12.8 Å². The maximum absolute atomic E-state index is 13.3. The summed E-state index contributed by atoms with van der Waals surface area (Å²) in [5, 5.41) is 9.25. The molecule has 3 N–H and O–H groups in total.